The summed E-state index contributed by atoms with van der Waals surface area (Å²) in [5.74, 6) is 0.355. The molecule has 0 atom stereocenters. The molecule has 0 saturated carbocycles. The van der Waals surface area contributed by atoms with E-state index in [2.05, 4.69) is 4.99 Å². The number of benzene rings is 1. The van der Waals surface area contributed by atoms with Gasteiger partial charge in [-0.1, -0.05) is 6.07 Å². The summed E-state index contributed by atoms with van der Waals surface area (Å²) in [5.41, 5.74) is 1.44. The van der Waals surface area contributed by atoms with Gasteiger partial charge in [0.2, 0.25) is 5.91 Å². The minimum absolute atomic E-state index is 0.0821. The highest BCUT2D eigenvalue weighted by molar-refractivity contribution is 7.09. The predicted molar refractivity (Wildman–Crippen MR) is 100 cm³/mol. The van der Waals surface area contributed by atoms with Crippen molar-refractivity contribution in [1.82, 2.24) is 9.47 Å². The maximum atomic E-state index is 12.6. The number of nitrogens with zero attached hydrogens (tertiary/aromatic N) is 3. The van der Waals surface area contributed by atoms with E-state index in [0.29, 0.717) is 16.1 Å². The second-order valence-electron chi connectivity index (χ2n) is 6.35. The lowest BCUT2D eigenvalue weighted by atomic mass is 10.2. The molecule has 7 heteroatoms. The van der Waals surface area contributed by atoms with Crippen LogP contribution in [0.3, 0.4) is 0 Å². The van der Waals surface area contributed by atoms with Crippen LogP contribution in [-0.4, -0.2) is 41.5 Å². The van der Waals surface area contributed by atoms with Crippen LogP contribution in [0.1, 0.15) is 33.8 Å². The van der Waals surface area contributed by atoms with Crippen LogP contribution in [0.5, 0.6) is 5.75 Å². The highest BCUT2D eigenvalue weighted by Crippen LogP contribution is 2.15. The normalized spacial score (nSPS) is 14.7. The summed E-state index contributed by atoms with van der Waals surface area (Å²) in [6.07, 6.45) is 2.12. The number of hydrogen-bond acceptors (Lipinski definition) is 4. The van der Waals surface area contributed by atoms with Gasteiger partial charge < -0.3 is 14.2 Å². The Morgan fingerprint density at radius 3 is 2.65 bits per heavy atom. The van der Waals surface area contributed by atoms with E-state index in [-0.39, 0.29) is 18.4 Å². The third-order valence-corrected chi connectivity index (χ3v) is 5.75. The molecule has 2 heterocycles. The van der Waals surface area contributed by atoms with Gasteiger partial charge in [-0.2, -0.15) is 4.99 Å². The van der Waals surface area contributed by atoms with Crippen LogP contribution in [-0.2, 0) is 11.3 Å². The van der Waals surface area contributed by atoms with E-state index in [1.807, 2.05) is 23.3 Å². The van der Waals surface area contributed by atoms with Gasteiger partial charge in [-0.3, -0.25) is 9.59 Å². The van der Waals surface area contributed by atoms with E-state index in [9.17, 15) is 9.59 Å². The van der Waals surface area contributed by atoms with Crippen molar-refractivity contribution >= 4 is 23.2 Å². The highest BCUT2D eigenvalue weighted by atomic mass is 32.1. The number of ether oxygens (including phenoxy) is 1. The first-order valence-electron chi connectivity index (χ1n) is 8.67. The van der Waals surface area contributed by atoms with Gasteiger partial charge in [0.15, 0.2) is 4.80 Å². The van der Waals surface area contributed by atoms with Gasteiger partial charge in [0.25, 0.3) is 5.91 Å². The molecule has 0 spiro atoms. The van der Waals surface area contributed by atoms with E-state index in [1.54, 1.807) is 31.4 Å². The van der Waals surface area contributed by atoms with Gasteiger partial charge in [-0.15, -0.1) is 11.3 Å². The predicted octanol–water partition coefficient (Wildman–Crippen LogP) is 2.54. The van der Waals surface area contributed by atoms with Gasteiger partial charge in [0, 0.05) is 29.2 Å². The lowest BCUT2D eigenvalue weighted by Crippen LogP contribution is -2.34. The Balaban J connectivity index is 1.91. The Hall–Kier alpha value is -2.41. The summed E-state index contributed by atoms with van der Waals surface area (Å²) in [6, 6.07) is 6.92. The van der Waals surface area contributed by atoms with E-state index < -0.39 is 0 Å². The summed E-state index contributed by atoms with van der Waals surface area (Å²) in [5, 5.41) is 0. The second-order valence-corrected chi connectivity index (χ2v) is 7.53. The molecule has 1 saturated heterocycles. The lowest BCUT2D eigenvalue weighted by Gasteiger charge is -2.16. The number of hydrogen-bond donors (Lipinski definition) is 0. The molecule has 26 heavy (non-hydrogen) atoms. The summed E-state index contributed by atoms with van der Waals surface area (Å²) in [4.78, 5) is 32.9. The van der Waals surface area contributed by atoms with Crippen LogP contribution in [0.15, 0.2) is 29.3 Å². The molecule has 0 N–H and O–H groups in total. The molecular formula is C19H23N3O3S. The van der Waals surface area contributed by atoms with Crippen molar-refractivity contribution in [2.24, 2.45) is 4.99 Å². The van der Waals surface area contributed by atoms with E-state index in [0.717, 1.165) is 36.5 Å². The molecule has 2 aromatic rings. The maximum Gasteiger partial charge on any atom is 0.279 e. The Bertz CT molecular complexity index is 892. The smallest absolute Gasteiger partial charge is 0.279 e. The Morgan fingerprint density at radius 1 is 1.23 bits per heavy atom. The van der Waals surface area contributed by atoms with Crippen LogP contribution in [0.2, 0.25) is 0 Å². The lowest BCUT2D eigenvalue weighted by molar-refractivity contribution is -0.130. The molecule has 3 rings (SSSR count). The summed E-state index contributed by atoms with van der Waals surface area (Å²) in [7, 11) is 1.56. The number of carbonyl (C=O) groups is 2. The van der Waals surface area contributed by atoms with E-state index in [1.165, 1.54) is 11.3 Å². The summed E-state index contributed by atoms with van der Waals surface area (Å²) < 4.78 is 7.01. The Morgan fingerprint density at radius 2 is 1.96 bits per heavy atom. The number of carbonyl (C=O) groups excluding carboxylic acids is 2. The van der Waals surface area contributed by atoms with E-state index >= 15 is 0 Å². The SMILES string of the molecule is COc1cccc(C(=O)N=c2sc(C)c(C)n2CC(=O)N2CCCC2)c1. The van der Waals surface area contributed by atoms with Crippen LogP contribution < -0.4 is 9.54 Å². The molecule has 0 bridgehead atoms. The first kappa shape index (κ1) is 18.4. The largest absolute Gasteiger partial charge is 0.497 e. The first-order valence-corrected chi connectivity index (χ1v) is 9.49. The minimum atomic E-state index is -0.340. The standard InChI is InChI=1S/C19H23N3O3S/c1-13-14(2)26-19(22(13)12-17(23)21-9-4-5-10-21)20-18(24)15-7-6-8-16(11-15)25-3/h6-8,11H,4-5,9-10,12H2,1-3H3. The topological polar surface area (TPSA) is 63.9 Å². The van der Waals surface area contributed by atoms with Crippen LogP contribution in [0, 0.1) is 13.8 Å². The summed E-state index contributed by atoms with van der Waals surface area (Å²) >= 11 is 1.43. The molecule has 1 fully saturated rings. The average Bonchev–Trinajstić information content (AvgIpc) is 3.27. The van der Waals surface area contributed by atoms with Crippen LogP contribution in [0.4, 0.5) is 0 Å². The van der Waals surface area contributed by atoms with Crippen molar-refractivity contribution < 1.29 is 14.3 Å². The molecule has 2 amide bonds. The molecule has 0 unspecified atom stereocenters. The van der Waals surface area contributed by atoms with Crippen molar-refractivity contribution in [3.05, 3.63) is 45.2 Å². The quantitative estimate of drug-likeness (QED) is 0.827. The van der Waals surface area contributed by atoms with E-state index in [4.69, 9.17) is 4.74 Å². The molecule has 1 aliphatic heterocycles. The Kier molecular flexibility index (Phi) is 5.56. The third-order valence-electron chi connectivity index (χ3n) is 4.66. The second kappa shape index (κ2) is 7.86. The highest BCUT2D eigenvalue weighted by Gasteiger charge is 2.20. The molecule has 0 radical (unpaired) electrons. The fourth-order valence-electron chi connectivity index (χ4n) is 2.98. The Labute approximate surface area is 156 Å². The fourth-order valence-corrected chi connectivity index (χ4v) is 3.95. The number of likely N-dealkylation sites (tertiary alicyclic amines) is 1. The molecule has 6 nitrogen and oxygen atoms in total. The van der Waals surface area contributed by atoms with Crippen LogP contribution >= 0.6 is 11.3 Å². The zero-order valence-electron chi connectivity index (χ0n) is 15.3. The van der Waals surface area contributed by atoms with Crippen molar-refractivity contribution in [2.75, 3.05) is 20.2 Å². The number of amides is 2. The fraction of sp³-hybridized carbons (Fsp3) is 0.421. The van der Waals surface area contributed by atoms with Gasteiger partial charge in [-0.05, 0) is 44.9 Å². The number of thiazole rings is 1. The van der Waals surface area contributed by atoms with Crippen molar-refractivity contribution in [3.8, 4) is 5.75 Å². The number of aromatic nitrogens is 1. The van der Waals surface area contributed by atoms with Gasteiger partial charge in [0.05, 0.1) is 7.11 Å². The van der Waals surface area contributed by atoms with Crippen molar-refractivity contribution in [3.63, 3.8) is 0 Å². The molecule has 138 valence electrons. The molecule has 0 aliphatic carbocycles. The average molecular weight is 373 g/mol. The van der Waals surface area contributed by atoms with Gasteiger partial charge in [-0.25, -0.2) is 0 Å². The molecule has 1 aromatic heterocycles. The third kappa shape index (κ3) is 3.88. The van der Waals surface area contributed by atoms with Crippen molar-refractivity contribution in [2.45, 2.75) is 33.2 Å². The number of methoxy groups -OCH3 is 1. The maximum absolute atomic E-state index is 12.6. The molecular weight excluding hydrogens is 350 g/mol. The zero-order valence-corrected chi connectivity index (χ0v) is 16.1. The summed E-state index contributed by atoms with van der Waals surface area (Å²) in [6.45, 7) is 5.79. The first-order chi connectivity index (χ1) is 12.5. The molecule has 1 aromatic carbocycles. The number of rotatable bonds is 4. The minimum Gasteiger partial charge on any atom is -0.497 e. The van der Waals surface area contributed by atoms with Gasteiger partial charge in [0.1, 0.15) is 12.3 Å². The number of aryl methyl sites for hydroxylation is 1. The van der Waals surface area contributed by atoms with Crippen molar-refractivity contribution in [1.29, 1.82) is 0 Å². The molecule has 1 aliphatic rings. The zero-order chi connectivity index (χ0) is 18.7. The monoisotopic (exact) mass is 373 g/mol. The van der Waals surface area contributed by atoms with Crippen LogP contribution in [0.25, 0.3) is 0 Å². The van der Waals surface area contributed by atoms with Gasteiger partial charge >= 0.3 is 0 Å².